The minimum atomic E-state index is -0.391. The average Bonchev–Trinajstić information content (AvgIpc) is 3.38. The zero-order valence-corrected chi connectivity index (χ0v) is 18.5. The zero-order valence-electron chi connectivity index (χ0n) is 16.9. The number of nitrogens with one attached hydrogen (secondary N) is 1. The zero-order chi connectivity index (χ0) is 21.4. The van der Waals surface area contributed by atoms with Crippen LogP contribution in [0.15, 0.2) is 41.6 Å². The van der Waals surface area contributed by atoms with E-state index in [2.05, 4.69) is 15.5 Å². The van der Waals surface area contributed by atoms with Crippen LogP contribution >= 0.6 is 23.1 Å². The fraction of sp³-hybridized carbons (Fsp3) is 0.273. The number of thiophene rings is 1. The van der Waals surface area contributed by atoms with Gasteiger partial charge in [-0.05, 0) is 54.8 Å². The first-order valence-electron chi connectivity index (χ1n) is 10.0. The lowest BCUT2D eigenvalue weighted by Crippen LogP contribution is -2.16. The number of methoxy groups -OCH3 is 1. The van der Waals surface area contributed by atoms with Gasteiger partial charge in [-0.15, -0.1) is 21.5 Å². The lowest BCUT2D eigenvalue weighted by Gasteiger charge is -2.11. The molecule has 0 fully saturated rings. The molecule has 3 aromatic heterocycles. The van der Waals surface area contributed by atoms with Gasteiger partial charge < -0.3 is 10.1 Å². The number of aromatic nitrogens is 3. The highest BCUT2D eigenvalue weighted by Gasteiger charge is 2.27. The van der Waals surface area contributed by atoms with Crippen LogP contribution in [0.2, 0.25) is 0 Å². The molecule has 31 heavy (non-hydrogen) atoms. The van der Waals surface area contributed by atoms with Crippen LogP contribution in [0.25, 0.3) is 16.6 Å². The van der Waals surface area contributed by atoms with Crippen LogP contribution in [0.4, 0.5) is 5.00 Å². The molecule has 1 aliphatic carbocycles. The van der Waals surface area contributed by atoms with Crippen molar-refractivity contribution >= 4 is 56.5 Å². The van der Waals surface area contributed by atoms with Gasteiger partial charge in [-0.3, -0.25) is 9.20 Å². The maximum Gasteiger partial charge on any atom is 0.341 e. The van der Waals surface area contributed by atoms with Gasteiger partial charge in [0.15, 0.2) is 10.8 Å². The number of para-hydroxylation sites is 1. The van der Waals surface area contributed by atoms with Crippen LogP contribution in [0.3, 0.4) is 0 Å². The smallest absolute Gasteiger partial charge is 0.341 e. The van der Waals surface area contributed by atoms with Crippen molar-refractivity contribution in [2.24, 2.45) is 0 Å². The van der Waals surface area contributed by atoms with Gasteiger partial charge in [-0.2, -0.15) is 0 Å². The molecule has 0 bridgehead atoms. The number of benzene rings is 1. The van der Waals surface area contributed by atoms with Crippen LogP contribution in [-0.4, -0.2) is 39.3 Å². The average molecular weight is 453 g/mol. The van der Waals surface area contributed by atoms with Gasteiger partial charge in [-0.1, -0.05) is 30.0 Å². The van der Waals surface area contributed by atoms with E-state index in [1.165, 1.54) is 35.1 Å². The standard InChI is InChI=1S/C22H20N4O3S2/c1-29-21(28)19-14-7-3-5-9-16(14)31-20(19)23-18(27)12-30-22-25-24-17-11-10-13-6-2-4-8-15(13)26(17)22/h2,4,6,8,10-11H,3,5,7,9,12H2,1H3,(H,23,27). The third-order valence-corrected chi connectivity index (χ3v) is 7.53. The molecule has 1 amide bonds. The Balaban J connectivity index is 1.37. The topological polar surface area (TPSA) is 85.6 Å². The number of rotatable bonds is 5. The first-order chi connectivity index (χ1) is 15.2. The number of carbonyl (C=O) groups excluding carboxylic acids is 2. The van der Waals surface area contributed by atoms with Gasteiger partial charge in [0, 0.05) is 4.88 Å². The summed E-state index contributed by atoms with van der Waals surface area (Å²) in [5.41, 5.74) is 3.27. The Bertz CT molecular complexity index is 1310. The Morgan fingerprint density at radius 2 is 2.00 bits per heavy atom. The Labute approximate surface area is 186 Å². The van der Waals surface area contributed by atoms with Gasteiger partial charge >= 0.3 is 5.97 Å². The van der Waals surface area contributed by atoms with E-state index in [-0.39, 0.29) is 11.7 Å². The number of hydrogen-bond donors (Lipinski definition) is 1. The molecule has 7 nitrogen and oxygen atoms in total. The van der Waals surface area contributed by atoms with Crippen molar-refractivity contribution in [3.05, 3.63) is 52.4 Å². The van der Waals surface area contributed by atoms with Crippen molar-refractivity contribution in [3.63, 3.8) is 0 Å². The number of aryl methyl sites for hydroxylation is 1. The minimum Gasteiger partial charge on any atom is -0.465 e. The van der Waals surface area contributed by atoms with Crippen molar-refractivity contribution in [3.8, 4) is 0 Å². The number of anilines is 1. The van der Waals surface area contributed by atoms with E-state index in [4.69, 9.17) is 4.74 Å². The van der Waals surface area contributed by atoms with Crippen LogP contribution in [0.5, 0.6) is 0 Å². The Morgan fingerprint density at radius 3 is 2.87 bits per heavy atom. The molecular formula is C22H20N4O3S2. The molecule has 3 heterocycles. The Hall–Kier alpha value is -2.91. The minimum absolute atomic E-state index is 0.160. The fourth-order valence-electron chi connectivity index (χ4n) is 3.97. The molecule has 0 atom stereocenters. The number of thioether (sulfide) groups is 1. The van der Waals surface area contributed by atoms with E-state index in [0.717, 1.165) is 47.8 Å². The largest absolute Gasteiger partial charge is 0.465 e. The highest BCUT2D eigenvalue weighted by atomic mass is 32.2. The van der Waals surface area contributed by atoms with E-state index >= 15 is 0 Å². The van der Waals surface area contributed by atoms with E-state index < -0.39 is 5.97 Å². The summed E-state index contributed by atoms with van der Waals surface area (Å²) in [5, 5.41) is 13.7. The molecule has 0 radical (unpaired) electrons. The predicted molar refractivity (Wildman–Crippen MR) is 122 cm³/mol. The summed E-state index contributed by atoms with van der Waals surface area (Å²) in [7, 11) is 1.37. The number of amides is 1. The second-order valence-electron chi connectivity index (χ2n) is 7.31. The van der Waals surface area contributed by atoms with Crippen molar-refractivity contribution < 1.29 is 14.3 Å². The van der Waals surface area contributed by atoms with Gasteiger partial charge in [-0.25, -0.2) is 4.79 Å². The SMILES string of the molecule is COC(=O)c1c(NC(=O)CSc2nnc3ccc4ccccc4n23)sc2c1CCCC2. The third-order valence-electron chi connectivity index (χ3n) is 5.39. The monoisotopic (exact) mass is 452 g/mol. The molecule has 1 aliphatic rings. The number of hydrogen-bond acceptors (Lipinski definition) is 7. The molecule has 5 rings (SSSR count). The fourth-order valence-corrected chi connectivity index (χ4v) is 6.02. The summed E-state index contributed by atoms with van der Waals surface area (Å²) < 4.78 is 6.94. The summed E-state index contributed by atoms with van der Waals surface area (Å²) in [6.45, 7) is 0. The predicted octanol–water partition coefficient (Wildman–Crippen LogP) is 4.34. The van der Waals surface area contributed by atoms with Crippen molar-refractivity contribution in [2.45, 2.75) is 30.8 Å². The van der Waals surface area contributed by atoms with Crippen LogP contribution < -0.4 is 5.32 Å². The summed E-state index contributed by atoms with van der Waals surface area (Å²) in [4.78, 5) is 26.3. The first kappa shape index (κ1) is 20.0. The molecule has 0 unspecified atom stereocenters. The van der Waals surface area contributed by atoms with E-state index in [9.17, 15) is 9.59 Å². The second kappa shape index (κ2) is 8.32. The summed E-state index contributed by atoms with van der Waals surface area (Å²) >= 11 is 2.81. The Morgan fingerprint density at radius 1 is 1.16 bits per heavy atom. The lowest BCUT2D eigenvalue weighted by atomic mass is 9.95. The number of fused-ring (bicyclic) bond motifs is 4. The summed E-state index contributed by atoms with van der Waals surface area (Å²) in [5.74, 6) is -0.421. The second-order valence-corrected chi connectivity index (χ2v) is 9.36. The summed E-state index contributed by atoms with van der Waals surface area (Å²) in [6, 6.07) is 11.9. The van der Waals surface area contributed by atoms with Crippen LogP contribution in [0.1, 0.15) is 33.6 Å². The third kappa shape index (κ3) is 3.68. The molecule has 1 aromatic carbocycles. The maximum atomic E-state index is 12.7. The molecular weight excluding hydrogens is 432 g/mol. The quantitative estimate of drug-likeness (QED) is 0.358. The number of ether oxygens (including phenoxy) is 1. The maximum absolute atomic E-state index is 12.7. The molecule has 0 saturated carbocycles. The normalized spacial score (nSPS) is 13.3. The van der Waals surface area contributed by atoms with E-state index in [1.807, 2.05) is 40.8 Å². The van der Waals surface area contributed by atoms with Gasteiger partial charge in [0.2, 0.25) is 5.91 Å². The van der Waals surface area contributed by atoms with E-state index in [1.54, 1.807) is 0 Å². The lowest BCUT2D eigenvalue weighted by molar-refractivity contribution is -0.113. The number of pyridine rings is 1. The van der Waals surface area contributed by atoms with Gasteiger partial charge in [0.1, 0.15) is 5.00 Å². The molecule has 158 valence electrons. The summed E-state index contributed by atoms with van der Waals surface area (Å²) in [6.07, 6.45) is 3.93. The first-order valence-corrected chi connectivity index (χ1v) is 11.8. The number of esters is 1. The highest BCUT2D eigenvalue weighted by Crippen LogP contribution is 2.38. The molecule has 1 N–H and O–H groups in total. The number of carbonyl (C=O) groups is 2. The highest BCUT2D eigenvalue weighted by molar-refractivity contribution is 7.99. The molecule has 0 saturated heterocycles. The van der Waals surface area contributed by atoms with Crippen LogP contribution in [0, 0.1) is 0 Å². The number of nitrogens with zero attached hydrogens (tertiary/aromatic N) is 3. The van der Waals surface area contributed by atoms with E-state index in [0.29, 0.717) is 15.7 Å². The molecule has 4 aromatic rings. The molecule has 9 heteroatoms. The van der Waals surface area contributed by atoms with Gasteiger partial charge in [0.05, 0.1) is 23.9 Å². The van der Waals surface area contributed by atoms with Crippen molar-refractivity contribution in [2.75, 3.05) is 18.2 Å². The van der Waals surface area contributed by atoms with Gasteiger partial charge in [0.25, 0.3) is 0 Å². The van der Waals surface area contributed by atoms with Crippen LogP contribution in [-0.2, 0) is 22.4 Å². The van der Waals surface area contributed by atoms with Crippen molar-refractivity contribution in [1.29, 1.82) is 0 Å². The van der Waals surface area contributed by atoms with Crippen molar-refractivity contribution in [1.82, 2.24) is 14.6 Å². The molecule has 0 spiro atoms. The Kier molecular flexibility index (Phi) is 5.37. The molecule has 0 aliphatic heterocycles.